The molecule has 31 heavy (non-hydrogen) atoms. The molecule has 9 nitrogen and oxygen atoms in total. The third kappa shape index (κ3) is 5.94. The normalized spacial score (nSPS) is 13.6. The van der Waals surface area contributed by atoms with Gasteiger partial charge in [-0.15, -0.1) is 5.53 Å². The highest BCUT2D eigenvalue weighted by Crippen LogP contribution is 2.14. The van der Waals surface area contributed by atoms with Crippen molar-refractivity contribution in [2.24, 2.45) is 0 Å². The lowest BCUT2D eigenvalue weighted by atomic mass is 10.0. The summed E-state index contributed by atoms with van der Waals surface area (Å²) >= 11 is 5.76. The number of amides is 2. The molecule has 1 aliphatic rings. The van der Waals surface area contributed by atoms with Gasteiger partial charge in [0.15, 0.2) is 0 Å². The molecule has 0 aliphatic carbocycles. The second-order valence-corrected chi connectivity index (χ2v) is 7.16. The van der Waals surface area contributed by atoms with Crippen molar-refractivity contribution in [3.63, 3.8) is 0 Å². The van der Waals surface area contributed by atoms with Crippen molar-refractivity contribution < 1.29 is 9.59 Å². The van der Waals surface area contributed by atoms with Crippen LogP contribution in [0.5, 0.6) is 0 Å². The molecule has 1 aromatic carbocycles. The van der Waals surface area contributed by atoms with Gasteiger partial charge in [-0.25, -0.2) is 4.98 Å². The molecule has 0 saturated heterocycles. The fourth-order valence-electron chi connectivity index (χ4n) is 2.82. The van der Waals surface area contributed by atoms with Crippen molar-refractivity contribution in [2.75, 3.05) is 13.1 Å². The lowest BCUT2D eigenvalue weighted by Gasteiger charge is -2.15. The fourth-order valence-corrected chi connectivity index (χ4v) is 2.94. The van der Waals surface area contributed by atoms with E-state index < -0.39 is 11.9 Å². The van der Waals surface area contributed by atoms with E-state index in [1.165, 1.54) is 12.3 Å². The van der Waals surface area contributed by atoms with Gasteiger partial charge in [0.25, 0.3) is 11.8 Å². The maximum Gasteiger partial charge on any atom is 0.271 e. The minimum atomic E-state index is -0.763. The van der Waals surface area contributed by atoms with E-state index in [9.17, 15) is 14.9 Å². The highest BCUT2D eigenvalue weighted by Gasteiger charge is 2.21. The smallest absolute Gasteiger partial charge is 0.271 e. The van der Waals surface area contributed by atoms with Crippen LogP contribution in [0.4, 0.5) is 0 Å². The van der Waals surface area contributed by atoms with Crippen molar-refractivity contribution in [3.8, 4) is 6.07 Å². The van der Waals surface area contributed by atoms with Crippen LogP contribution >= 0.6 is 11.6 Å². The number of hydrogen-bond donors (Lipinski definition) is 4. The Kier molecular flexibility index (Phi) is 7.43. The summed E-state index contributed by atoms with van der Waals surface area (Å²) in [5.74, 6) is -0.743. The molecule has 1 unspecified atom stereocenters. The Hall–Kier alpha value is -3.61. The summed E-state index contributed by atoms with van der Waals surface area (Å²) < 4.78 is 0. The van der Waals surface area contributed by atoms with E-state index in [1.807, 2.05) is 24.3 Å². The topological polar surface area (TPSA) is 122 Å². The number of carbonyl (C=O) groups is 2. The second kappa shape index (κ2) is 10.4. The number of rotatable bonds is 8. The van der Waals surface area contributed by atoms with Gasteiger partial charge in [0.2, 0.25) is 0 Å². The third-order valence-electron chi connectivity index (χ3n) is 4.59. The lowest BCUT2D eigenvalue weighted by Crippen LogP contribution is -2.42. The zero-order chi connectivity index (χ0) is 22.2. The molecule has 2 aromatic rings. The molecule has 2 amide bonds. The molecule has 1 aliphatic heterocycles. The number of aromatic nitrogens is 1. The fraction of sp³-hybridized carbons (Fsp3) is 0.238. The van der Waals surface area contributed by atoms with Gasteiger partial charge in [-0.3, -0.25) is 20.0 Å². The van der Waals surface area contributed by atoms with Crippen LogP contribution in [0.3, 0.4) is 0 Å². The van der Waals surface area contributed by atoms with Crippen molar-refractivity contribution in [3.05, 3.63) is 76.3 Å². The Morgan fingerprint density at radius 3 is 2.65 bits per heavy atom. The average Bonchev–Trinajstić information content (AvgIpc) is 3.27. The molecular formula is C21H22ClN7O2. The largest absolute Gasteiger partial charge is 0.349 e. The molecule has 0 bridgehead atoms. The summed E-state index contributed by atoms with van der Waals surface area (Å²) in [4.78, 5) is 28.5. The molecule has 3 rings (SSSR count). The Balaban J connectivity index is 1.49. The van der Waals surface area contributed by atoms with Crippen molar-refractivity contribution in [1.82, 2.24) is 31.6 Å². The zero-order valence-corrected chi connectivity index (χ0v) is 17.6. The minimum absolute atomic E-state index is 0.260. The van der Waals surface area contributed by atoms with E-state index in [1.54, 1.807) is 17.3 Å². The van der Waals surface area contributed by atoms with Gasteiger partial charge < -0.3 is 10.6 Å². The predicted molar refractivity (Wildman–Crippen MR) is 115 cm³/mol. The van der Waals surface area contributed by atoms with E-state index in [0.29, 0.717) is 18.1 Å². The molecule has 0 spiro atoms. The Morgan fingerprint density at radius 2 is 2.00 bits per heavy atom. The van der Waals surface area contributed by atoms with Crippen LogP contribution in [0, 0.1) is 11.3 Å². The molecule has 1 atom stereocenters. The lowest BCUT2D eigenvalue weighted by molar-refractivity contribution is -0.118. The number of hydrogen-bond acceptors (Lipinski definition) is 7. The molecule has 0 radical (unpaired) electrons. The summed E-state index contributed by atoms with van der Waals surface area (Å²) in [6.07, 6.45) is 3.87. The van der Waals surface area contributed by atoms with Gasteiger partial charge in [-0.2, -0.15) is 5.26 Å². The number of nitriles is 1. The van der Waals surface area contributed by atoms with Crippen molar-refractivity contribution in [1.29, 1.82) is 5.26 Å². The Bertz CT molecular complexity index is 1000. The van der Waals surface area contributed by atoms with E-state index in [4.69, 9.17) is 11.6 Å². The monoisotopic (exact) mass is 439 g/mol. The number of benzene rings is 1. The maximum atomic E-state index is 12.5. The molecule has 2 heterocycles. The summed E-state index contributed by atoms with van der Waals surface area (Å²) in [5.41, 5.74) is 7.98. The standard InChI is InChI=1S/C21H22ClN7O2/c1-2-14-3-5-15(6-4-14)18(11-23)26-21(31)19-13-29(28-27-19)10-9-24-20(30)17-8-7-16(22)12-25-17/h3-8,12-13,18,27-28H,2,9-10H2,1H3,(H,24,30)(H,26,31). The number of aryl methyl sites for hydroxylation is 1. The highest BCUT2D eigenvalue weighted by atomic mass is 35.5. The number of carbonyl (C=O) groups excluding carboxylic acids is 2. The van der Waals surface area contributed by atoms with Gasteiger partial charge in [0, 0.05) is 18.9 Å². The van der Waals surface area contributed by atoms with Crippen LogP contribution in [0.25, 0.3) is 0 Å². The molecule has 0 saturated carbocycles. The van der Waals surface area contributed by atoms with Crippen LogP contribution in [0.2, 0.25) is 5.02 Å². The number of halogens is 1. The van der Waals surface area contributed by atoms with E-state index in [-0.39, 0.29) is 17.3 Å². The quantitative estimate of drug-likeness (QED) is 0.492. The zero-order valence-electron chi connectivity index (χ0n) is 16.9. The van der Waals surface area contributed by atoms with Crippen LogP contribution in [0.15, 0.2) is 54.5 Å². The molecule has 160 valence electrons. The van der Waals surface area contributed by atoms with Crippen LogP contribution in [-0.2, 0) is 11.2 Å². The molecule has 4 N–H and O–H groups in total. The first-order valence-corrected chi connectivity index (χ1v) is 10.1. The van der Waals surface area contributed by atoms with Gasteiger partial charge in [0.05, 0.1) is 17.6 Å². The Morgan fingerprint density at radius 1 is 1.23 bits per heavy atom. The number of nitrogens with one attached hydrogen (secondary N) is 4. The van der Waals surface area contributed by atoms with E-state index in [0.717, 1.165) is 17.5 Å². The minimum Gasteiger partial charge on any atom is -0.349 e. The molecule has 1 aromatic heterocycles. The average molecular weight is 440 g/mol. The van der Waals surface area contributed by atoms with Gasteiger partial charge in [0.1, 0.15) is 17.4 Å². The first-order valence-electron chi connectivity index (χ1n) is 9.69. The number of pyridine rings is 1. The van der Waals surface area contributed by atoms with Gasteiger partial charge >= 0.3 is 0 Å². The molecular weight excluding hydrogens is 418 g/mol. The number of nitrogens with zero attached hydrogens (tertiary/aromatic N) is 3. The predicted octanol–water partition coefficient (Wildman–Crippen LogP) is 1.57. The maximum absolute atomic E-state index is 12.5. The summed E-state index contributed by atoms with van der Waals surface area (Å²) in [6, 6.07) is 12.0. The van der Waals surface area contributed by atoms with E-state index >= 15 is 0 Å². The summed E-state index contributed by atoms with van der Waals surface area (Å²) in [7, 11) is 0. The van der Waals surface area contributed by atoms with Gasteiger partial charge in [-0.1, -0.05) is 42.8 Å². The van der Waals surface area contributed by atoms with Crippen molar-refractivity contribution >= 4 is 23.4 Å². The first kappa shape index (κ1) is 22.1. The Labute approximate surface area is 185 Å². The van der Waals surface area contributed by atoms with Crippen LogP contribution in [-0.4, -0.2) is 34.9 Å². The number of hydrazine groups is 2. The summed E-state index contributed by atoms with van der Waals surface area (Å²) in [6.45, 7) is 2.76. The first-order chi connectivity index (χ1) is 15.0. The van der Waals surface area contributed by atoms with Crippen LogP contribution in [0.1, 0.15) is 34.6 Å². The third-order valence-corrected chi connectivity index (χ3v) is 4.81. The van der Waals surface area contributed by atoms with Gasteiger partial charge in [-0.05, 0) is 29.7 Å². The molecule has 0 fully saturated rings. The second-order valence-electron chi connectivity index (χ2n) is 6.72. The SMILES string of the molecule is CCc1ccc(C(C#N)NC(=O)C2=CN(CCNC(=O)c3ccc(Cl)cn3)NN2)cc1. The van der Waals surface area contributed by atoms with Crippen LogP contribution < -0.4 is 21.6 Å². The molecule has 10 heteroatoms. The van der Waals surface area contributed by atoms with E-state index in [2.05, 4.69) is 39.6 Å². The van der Waals surface area contributed by atoms with Crippen molar-refractivity contribution in [2.45, 2.75) is 19.4 Å². The summed E-state index contributed by atoms with van der Waals surface area (Å²) in [5, 5.41) is 16.9. The highest BCUT2D eigenvalue weighted by molar-refractivity contribution is 6.30.